The summed E-state index contributed by atoms with van der Waals surface area (Å²) < 4.78 is 5.73. The zero-order valence-electron chi connectivity index (χ0n) is 10.5. The highest BCUT2D eigenvalue weighted by atomic mass is 16.5. The van der Waals surface area contributed by atoms with Crippen LogP contribution in [0, 0.1) is 10.8 Å². The predicted octanol–water partition coefficient (Wildman–Crippen LogP) is 2.84. The molecule has 2 heterocycles. The molecule has 0 amide bonds. The van der Waals surface area contributed by atoms with E-state index in [-0.39, 0.29) is 17.6 Å². The molecule has 16 heavy (non-hydrogen) atoms. The Morgan fingerprint density at radius 3 is 2.50 bits per heavy atom. The Balaban J connectivity index is 2.09. The number of hydrogen-bond donors (Lipinski definition) is 1. The van der Waals surface area contributed by atoms with E-state index in [1.165, 1.54) is 0 Å². The van der Waals surface area contributed by atoms with Gasteiger partial charge in [0.15, 0.2) is 0 Å². The first-order valence-corrected chi connectivity index (χ1v) is 6.22. The number of aliphatic carboxylic acids is 1. The van der Waals surface area contributed by atoms with Crippen LogP contribution in [0.3, 0.4) is 0 Å². The third kappa shape index (κ3) is 1.97. The van der Waals surface area contributed by atoms with Gasteiger partial charge in [0.2, 0.25) is 0 Å². The van der Waals surface area contributed by atoms with Gasteiger partial charge < -0.3 is 9.84 Å². The minimum Gasteiger partial charge on any atom is -0.481 e. The van der Waals surface area contributed by atoms with E-state index >= 15 is 0 Å². The molecule has 3 heteroatoms. The van der Waals surface area contributed by atoms with Gasteiger partial charge in [0.1, 0.15) is 0 Å². The summed E-state index contributed by atoms with van der Waals surface area (Å²) in [5, 5.41) is 9.50. The smallest absolute Gasteiger partial charge is 0.312 e. The van der Waals surface area contributed by atoms with Crippen LogP contribution in [0.2, 0.25) is 0 Å². The predicted molar refractivity (Wildman–Crippen MR) is 61.3 cm³/mol. The lowest BCUT2D eigenvalue weighted by Crippen LogP contribution is -2.41. The molecule has 0 aromatic carbocycles. The Bertz CT molecular complexity index is 292. The lowest BCUT2D eigenvalue weighted by molar-refractivity contribution is -0.153. The van der Waals surface area contributed by atoms with Crippen LogP contribution < -0.4 is 0 Å². The molecule has 0 spiro atoms. The zero-order valence-corrected chi connectivity index (χ0v) is 10.5. The van der Waals surface area contributed by atoms with E-state index in [4.69, 9.17) is 4.74 Å². The average molecular weight is 226 g/mol. The van der Waals surface area contributed by atoms with E-state index in [0.29, 0.717) is 0 Å². The van der Waals surface area contributed by atoms with Gasteiger partial charge in [-0.15, -0.1) is 0 Å². The van der Waals surface area contributed by atoms with Gasteiger partial charge in [-0.05, 0) is 37.5 Å². The van der Waals surface area contributed by atoms with Crippen LogP contribution in [0.25, 0.3) is 0 Å². The summed E-state index contributed by atoms with van der Waals surface area (Å²) in [5.74, 6) is -0.649. The maximum Gasteiger partial charge on any atom is 0.312 e. The van der Waals surface area contributed by atoms with Gasteiger partial charge >= 0.3 is 5.97 Å². The number of fused-ring (bicyclic) bond motifs is 2. The van der Waals surface area contributed by atoms with Crippen molar-refractivity contribution in [3.63, 3.8) is 0 Å². The molecule has 2 saturated heterocycles. The molecule has 0 saturated carbocycles. The molecule has 2 aliphatic heterocycles. The van der Waals surface area contributed by atoms with Gasteiger partial charge in [-0.25, -0.2) is 0 Å². The van der Waals surface area contributed by atoms with Crippen LogP contribution in [-0.2, 0) is 9.53 Å². The van der Waals surface area contributed by atoms with Crippen molar-refractivity contribution in [1.82, 2.24) is 0 Å². The van der Waals surface area contributed by atoms with Crippen molar-refractivity contribution in [1.29, 1.82) is 0 Å². The molecule has 3 atom stereocenters. The largest absolute Gasteiger partial charge is 0.481 e. The molecule has 3 unspecified atom stereocenters. The van der Waals surface area contributed by atoms with E-state index in [0.717, 1.165) is 32.1 Å². The molecule has 0 radical (unpaired) electrons. The number of carboxylic acid groups (broad SMARTS) is 1. The van der Waals surface area contributed by atoms with Crippen LogP contribution in [0.1, 0.15) is 52.9 Å². The summed E-state index contributed by atoms with van der Waals surface area (Å²) in [6.07, 6.45) is 4.59. The quantitative estimate of drug-likeness (QED) is 0.805. The van der Waals surface area contributed by atoms with E-state index in [1.807, 2.05) is 0 Å². The maximum atomic E-state index is 11.6. The van der Waals surface area contributed by atoms with E-state index < -0.39 is 11.4 Å². The summed E-state index contributed by atoms with van der Waals surface area (Å²) in [6, 6.07) is 0. The minimum atomic E-state index is -0.649. The van der Waals surface area contributed by atoms with Crippen molar-refractivity contribution in [2.24, 2.45) is 10.8 Å². The van der Waals surface area contributed by atoms with Crippen molar-refractivity contribution in [3.8, 4) is 0 Å². The third-order valence-electron chi connectivity index (χ3n) is 4.06. The van der Waals surface area contributed by atoms with Gasteiger partial charge in [-0.2, -0.15) is 0 Å². The van der Waals surface area contributed by atoms with Crippen LogP contribution in [0.4, 0.5) is 0 Å². The molecule has 1 N–H and O–H groups in total. The van der Waals surface area contributed by atoms with Gasteiger partial charge in [-0.1, -0.05) is 20.8 Å². The Hall–Kier alpha value is -0.570. The topological polar surface area (TPSA) is 46.5 Å². The molecule has 2 aliphatic rings. The van der Waals surface area contributed by atoms with Gasteiger partial charge in [-0.3, -0.25) is 4.79 Å². The second-order valence-corrected chi connectivity index (χ2v) is 6.55. The Kier molecular flexibility index (Phi) is 2.77. The third-order valence-corrected chi connectivity index (χ3v) is 4.06. The van der Waals surface area contributed by atoms with Crippen molar-refractivity contribution >= 4 is 5.97 Å². The van der Waals surface area contributed by atoms with Crippen molar-refractivity contribution in [2.45, 2.75) is 65.1 Å². The van der Waals surface area contributed by atoms with E-state index in [1.54, 1.807) is 0 Å². The summed E-state index contributed by atoms with van der Waals surface area (Å²) in [6.45, 7) is 6.49. The molecular formula is C13H22O3. The van der Waals surface area contributed by atoms with Gasteiger partial charge in [0.25, 0.3) is 0 Å². The summed E-state index contributed by atoms with van der Waals surface area (Å²) in [7, 11) is 0. The fraction of sp³-hybridized carbons (Fsp3) is 0.923. The zero-order chi connectivity index (χ0) is 12.0. The second kappa shape index (κ2) is 3.73. The van der Waals surface area contributed by atoms with E-state index in [2.05, 4.69) is 20.8 Å². The molecule has 3 nitrogen and oxygen atoms in total. The van der Waals surface area contributed by atoms with E-state index in [9.17, 15) is 9.90 Å². The lowest BCUT2D eigenvalue weighted by atomic mass is 9.68. The summed E-state index contributed by atoms with van der Waals surface area (Å²) in [4.78, 5) is 11.6. The molecule has 0 aromatic rings. The van der Waals surface area contributed by atoms with Crippen molar-refractivity contribution < 1.29 is 14.6 Å². The first kappa shape index (κ1) is 11.9. The standard InChI is InChI=1S/C13H22O3/c1-12(2,3)6-7-13(11(14)15)8-9-4-5-10(13)16-9/h9-10H,4-8H2,1-3H3,(H,14,15). The Morgan fingerprint density at radius 1 is 1.44 bits per heavy atom. The van der Waals surface area contributed by atoms with Crippen LogP contribution in [0.15, 0.2) is 0 Å². The monoisotopic (exact) mass is 226 g/mol. The van der Waals surface area contributed by atoms with Gasteiger partial charge in [0.05, 0.1) is 17.6 Å². The summed E-state index contributed by atoms with van der Waals surface area (Å²) >= 11 is 0. The second-order valence-electron chi connectivity index (χ2n) is 6.55. The molecule has 92 valence electrons. The molecule has 2 fully saturated rings. The fourth-order valence-electron chi connectivity index (χ4n) is 2.99. The molecular weight excluding hydrogens is 204 g/mol. The van der Waals surface area contributed by atoms with Crippen LogP contribution >= 0.6 is 0 Å². The Morgan fingerprint density at radius 2 is 2.12 bits per heavy atom. The number of rotatable bonds is 3. The highest BCUT2D eigenvalue weighted by Crippen LogP contribution is 2.51. The molecule has 0 aliphatic carbocycles. The number of carbonyl (C=O) groups is 1. The first-order chi connectivity index (χ1) is 7.33. The minimum absolute atomic E-state index is 0.0302. The highest BCUT2D eigenvalue weighted by Gasteiger charge is 2.57. The lowest BCUT2D eigenvalue weighted by Gasteiger charge is -2.33. The normalized spacial score (nSPS) is 37.9. The maximum absolute atomic E-state index is 11.6. The number of ether oxygens (including phenoxy) is 1. The Labute approximate surface area is 97.2 Å². The van der Waals surface area contributed by atoms with Crippen LogP contribution in [-0.4, -0.2) is 23.3 Å². The first-order valence-electron chi connectivity index (χ1n) is 6.22. The fourth-order valence-corrected chi connectivity index (χ4v) is 2.99. The molecule has 2 bridgehead atoms. The molecule has 2 rings (SSSR count). The number of carboxylic acids is 1. The highest BCUT2D eigenvalue weighted by molar-refractivity contribution is 5.76. The van der Waals surface area contributed by atoms with Crippen molar-refractivity contribution in [3.05, 3.63) is 0 Å². The SMILES string of the molecule is CC(C)(C)CCC1(C(=O)O)CC2CCC1O2. The summed E-state index contributed by atoms with van der Waals surface area (Å²) in [5.41, 5.74) is -0.388. The van der Waals surface area contributed by atoms with Crippen molar-refractivity contribution in [2.75, 3.05) is 0 Å². The average Bonchev–Trinajstić information content (AvgIpc) is 2.72. The van der Waals surface area contributed by atoms with Gasteiger partial charge in [0, 0.05) is 0 Å². The van der Waals surface area contributed by atoms with Crippen LogP contribution in [0.5, 0.6) is 0 Å². The number of hydrogen-bond acceptors (Lipinski definition) is 2. The molecule has 0 aromatic heterocycles.